The van der Waals surface area contributed by atoms with Crippen molar-refractivity contribution >= 4 is 5.91 Å². The van der Waals surface area contributed by atoms with Crippen LogP contribution in [0.2, 0.25) is 0 Å². The molecule has 19 heavy (non-hydrogen) atoms. The van der Waals surface area contributed by atoms with Crippen LogP contribution in [-0.4, -0.2) is 60.0 Å². The summed E-state index contributed by atoms with van der Waals surface area (Å²) in [5.41, 5.74) is 10.3. The van der Waals surface area contributed by atoms with E-state index in [1.54, 1.807) is 6.92 Å². The highest BCUT2D eigenvalue weighted by atomic mass is 16.1. The first-order valence-corrected chi connectivity index (χ1v) is 7.42. The minimum absolute atomic E-state index is 0.405. The second-order valence-corrected chi connectivity index (χ2v) is 6.02. The topological polar surface area (TPSA) is 75.6 Å². The smallest absolute Gasteiger partial charge is 0.237 e. The molecule has 1 saturated heterocycles. The zero-order chi connectivity index (χ0) is 14.5. The third-order valence-corrected chi connectivity index (χ3v) is 4.24. The van der Waals surface area contributed by atoms with Crippen LogP contribution in [0.25, 0.3) is 0 Å². The zero-order valence-corrected chi connectivity index (χ0v) is 12.7. The van der Waals surface area contributed by atoms with E-state index in [4.69, 9.17) is 11.5 Å². The van der Waals surface area contributed by atoms with Crippen molar-refractivity contribution in [2.45, 2.75) is 51.6 Å². The van der Waals surface area contributed by atoms with Crippen LogP contribution in [-0.2, 0) is 4.79 Å². The van der Waals surface area contributed by atoms with Crippen molar-refractivity contribution in [2.75, 3.05) is 32.7 Å². The van der Waals surface area contributed by atoms with Gasteiger partial charge in [0, 0.05) is 25.7 Å². The Labute approximate surface area is 117 Å². The van der Waals surface area contributed by atoms with Gasteiger partial charge in [-0.1, -0.05) is 6.92 Å². The van der Waals surface area contributed by atoms with Crippen molar-refractivity contribution < 1.29 is 4.79 Å². The molecule has 1 fully saturated rings. The monoisotopic (exact) mass is 270 g/mol. The predicted molar refractivity (Wildman–Crippen MR) is 78.8 cm³/mol. The molecule has 0 radical (unpaired) electrons. The third-order valence-electron chi connectivity index (χ3n) is 4.24. The summed E-state index contributed by atoms with van der Waals surface area (Å²) in [5.74, 6) is -0.405. The van der Waals surface area contributed by atoms with Gasteiger partial charge in [-0.15, -0.1) is 0 Å². The summed E-state index contributed by atoms with van der Waals surface area (Å²) in [4.78, 5) is 16.1. The van der Waals surface area contributed by atoms with Crippen molar-refractivity contribution in [3.05, 3.63) is 0 Å². The maximum absolute atomic E-state index is 11.1. The summed E-state index contributed by atoms with van der Waals surface area (Å²) >= 11 is 0. The standard InChI is InChI=1S/C14H30N4O/c1-4-18-10-9-17(11-12(18)2)8-6-5-7-14(3,16)13(15)19/h12H,4-11,16H2,1-3H3,(H2,15,19). The molecule has 0 aromatic heterocycles. The Kier molecular flexibility index (Phi) is 6.23. The van der Waals surface area contributed by atoms with Gasteiger partial charge in [-0.2, -0.15) is 0 Å². The molecule has 1 aliphatic heterocycles. The molecule has 4 N–H and O–H groups in total. The Morgan fingerprint density at radius 3 is 2.58 bits per heavy atom. The van der Waals surface area contributed by atoms with Gasteiger partial charge in [0.2, 0.25) is 5.91 Å². The summed E-state index contributed by atoms with van der Waals surface area (Å²) in [6.45, 7) is 11.9. The quantitative estimate of drug-likeness (QED) is 0.656. The lowest BCUT2D eigenvalue weighted by molar-refractivity contribution is -0.122. The van der Waals surface area contributed by atoms with Gasteiger partial charge >= 0.3 is 0 Å². The second kappa shape index (κ2) is 7.22. The molecule has 0 saturated carbocycles. The number of rotatable bonds is 7. The van der Waals surface area contributed by atoms with E-state index in [9.17, 15) is 4.79 Å². The summed E-state index contributed by atoms with van der Waals surface area (Å²) < 4.78 is 0. The van der Waals surface area contributed by atoms with Gasteiger partial charge < -0.3 is 16.4 Å². The van der Waals surface area contributed by atoms with E-state index in [1.807, 2.05) is 0 Å². The van der Waals surface area contributed by atoms with Crippen LogP contribution in [0.4, 0.5) is 0 Å². The zero-order valence-electron chi connectivity index (χ0n) is 12.7. The Hall–Kier alpha value is -0.650. The molecular weight excluding hydrogens is 240 g/mol. The molecule has 0 bridgehead atoms. The highest BCUT2D eigenvalue weighted by Crippen LogP contribution is 2.13. The molecule has 112 valence electrons. The Bertz CT molecular complexity index is 293. The van der Waals surface area contributed by atoms with Gasteiger partial charge in [0.25, 0.3) is 0 Å². The lowest BCUT2D eigenvalue weighted by Gasteiger charge is -2.39. The maximum Gasteiger partial charge on any atom is 0.237 e. The fourth-order valence-electron chi connectivity index (χ4n) is 2.69. The number of likely N-dealkylation sites (N-methyl/N-ethyl adjacent to an activating group) is 1. The van der Waals surface area contributed by atoms with Gasteiger partial charge in [0.05, 0.1) is 5.54 Å². The van der Waals surface area contributed by atoms with Crippen LogP contribution in [0.5, 0.6) is 0 Å². The maximum atomic E-state index is 11.1. The Morgan fingerprint density at radius 2 is 2.05 bits per heavy atom. The van der Waals surface area contributed by atoms with Crippen LogP contribution in [0.1, 0.15) is 40.0 Å². The number of piperazine rings is 1. The molecule has 5 heteroatoms. The van der Waals surface area contributed by atoms with Crippen molar-refractivity contribution in [1.29, 1.82) is 0 Å². The number of nitrogens with two attached hydrogens (primary N) is 2. The fourth-order valence-corrected chi connectivity index (χ4v) is 2.69. The largest absolute Gasteiger partial charge is 0.368 e. The average Bonchev–Trinajstić information content (AvgIpc) is 2.34. The van der Waals surface area contributed by atoms with Crippen LogP contribution in [0.3, 0.4) is 0 Å². The molecule has 1 aliphatic rings. The van der Waals surface area contributed by atoms with Gasteiger partial charge in [-0.25, -0.2) is 0 Å². The minimum atomic E-state index is -0.853. The summed E-state index contributed by atoms with van der Waals surface area (Å²) in [6.07, 6.45) is 2.71. The van der Waals surface area contributed by atoms with Crippen molar-refractivity contribution in [2.24, 2.45) is 11.5 Å². The second-order valence-electron chi connectivity index (χ2n) is 6.02. The summed E-state index contributed by atoms with van der Waals surface area (Å²) in [6, 6.07) is 0.643. The predicted octanol–water partition coefficient (Wildman–Crippen LogP) is 0.385. The first-order chi connectivity index (χ1) is 8.86. The average molecular weight is 270 g/mol. The molecular formula is C14H30N4O. The van der Waals surface area contributed by atoms with Crippen LogP contribution >= 0.6 is 0 Å². The van der Waals surface area contributed by atoms with E-state index in [0.717, 1.165) is 45.6 Å². The van der Waals surface area contributed by atoms with E-state index < -0.39 is 11.4 Å². The first-order valence-electron chi connectivity index (χ1n) is 7.42. The fraction of sp³-hybridized carbons (Fsp3) is 0.929. The van der Waals surface area contributed by atoms with Crippen molar-refractivity contribution in [3.8, 4) is 0 Å². The molecule has 1 rings (SSSR count). The SMILES string of the molecule is CCN1CCN(CCCCC(C)(N)C(N)=O)CC1C. The molecule has 5 nitrogen and oxygen atoms in total. The van der Waals surface area contributed by atoms with Crippen LogP contribution in [0, 0.1) is 0 Å². The molecule has 0 aromatic carbocycles. The number of hydrogen-bond donors (Lipinski definition) is 2. The van der Waals surface area contributed by atoms with E-state index in [2.05, 4.69) is 23.6 Å². The normalized spacial score (nSPS) is 25.2. The Morgan fingerprint density at radius 1 is 1.37 bits per heavy atom. The number of carbonyl (C=O) groups excluding carboxylic acids is 1. The van der Waals surface area contributed by atoms with Crippen molar-refractivity contribution in [1.82, 2.24) is 9.80 Å². The Balaban J connectivity index is 2.19. The lowest BCUT2D eigenvalue weighted by Crippen LogP contribution is -2.52. The number of primary amides is 1. The molecule has 2 unspecified atom stereocenters. The highest BCUT2D eigenvalue weighted by molar-refractivity contribution is 5.83. The lowest BCUT2D eigenvalue weighted by atomic mass is 9.95. The molecule has 0 aromatic rings. The number of carbonyl (C=O) groups is 1. The summed E-state index contributed by atoms with van der Waals surface area (Å²) in [5, 5.41) is 0. The molecule has 1 amide bonds. The van der Waals surface area contributed by atoms with Gasteiger partial charge in [-0.05, 0) is 46.2 Å². The minimum Gasteiger partial charge on any atom is -0.368 e. The van der Waals surface area contributed by atoms with E-state index in [-0.39, 0.29) is 0 Å². The van der Waals surface area contributed by atoms with Crippen molar-refractivity contribution in [3.63, 3.8) is 0 Å². The van der Waals surface area contributed by atoms with E-state index >= 15 is 0 Å². The molecule has 1 heterocycles. The summed E-state index contributed by atoms with van der Waals surface area (Å²) in [7, 11) is 0. The van der Waals surface area contributed by atoms with Crippen LogP contribution in [0.15, 0.2) is 0 Å². The molecule has 0 spiro atoms. The number of unbranched alkanes of at least 4 members (excludes halogenated alkanes) is 1. The van der Waals surface area contributed by atoms with Gasteiger partial charge in [0.1, 0.15) is 0 Å². The first kappa shape index (κ1) is 16.4. The van der Waals surface area contributed by atoms with Gasteiger partial charge in [-0.3, -0.25) is 9.69 Å². The number of amides is 1. The third kappa shape index (κ3) is 5.09. The molecule has 2 atom stereocenters. The van der Waals surface area contributed by atoms with Gasteiger partial charge in [0.15, 0.2) is 0 Å². The number of nitrogens with zero attached hydrogens (tertiary/aromatic N) is 2. The number of hydrogen-bond acceptors (Lipinski definition) is 4. The van der Waals surface area contributed by atoms with E-state index in [1.165, 1.54) is 0 Å². The molecule has 0 aliphatic carbocycles. The van der Waals surface area contributed by atoms with E-state index in [0.29, 0.717) is 12.5 Å². The van der Waals surface area contributed by atoms with Crippen LogP contribution < -0.4 is 11.5 Å². The highest BCUT2D eigenvalue weighted by Gasteiger charge is 2.25.